The van der Waals surface area contributed by atoms with E-state index in [-0.39, 0.29) is 5.91 Å². The zero-order chi connectivity index (χ0) is 21.0. The smallest absolute Gasteiger partial charge is 0.331 e. The number of anilines is 1. The Hall–Kier alpha value is -3.02. The predicted molar refractivity (Wildman–Crippen MR) is 113 cm³/mol. The van der Waals surface area contributed by atoms with Crippen molar-refractivity contribution in [3.8, 4) is 5.75 Å². The Morgan fingerprint density at radius 2 is 1.93 bits per heavy atom. The molecule has 0 bridgehead atoms. The first-order valence-electron chi connectivity index (χ1n) is 10.00. The van der Waals surface area contributed by atoms with Crippen molar-refractivity contribution in [3.63, 3.8) is 0 Å². The molecule has 154 valence electrons. The van der Waals surface area contributed by atoms with Crippen LogP contribution >= 0.6 is 0 Å². The Labute approximate surface area is 171 Å². The average Bonchev–Trinajstić information content (AvgIpc) is 3.47. The van der Waals surface area contributed by atoms with Gasteiger partial charge in [0.25, 0.3) is 5.91 Å². The molecule has 1 aliphatic carbocycles. The van der Waals surface area contributed by atoms with Crippen LogP contribution in [-0.4, -0.2) is 29.2 Å². The maximum absolute atomic E-state index is 12.3. The number of rotatable bonds is 8. The number of carbonyl (C=O) groups excluding carboxylic acids is 2. The molecule has 0 saturated heterocycles. The Balaban J connectivity index is 1.53. The molecule has 1 fully saturated rings. The first kappa shape index (κ1) is 20.7. The number of carbonyl (C=O) groups is 2. The first-order chi connectivity index (χ1) is 13.9. The molecule has 1 N–H and O–H groups in total. The van der Waals surface area contributed by atoms with Gasteiger partial charge in [0.1, 0.15) is 5.75 Å². The number of hydrogen-bond acceptors (Lipinski definition) is 4. The molecule has 0 aliphatic heterocycles. The SMILES string of the molecule is CCOc1ccc(NC(=O)[C@@H](C)OC(=O)/C=C/c2cc(C)n(C3CC3)c2C)cc1. The maximum Gasteiger partial charge on any atom is 0.331 e. The number of aryl methyl sites for hydroxylation is 1. The van der Waals surface area contributed by atoms with Gasteiger partial charge in [-0.15, -0.1) is 0 Å². The van der Waals surface area contributed by atoms with Crippen molar-refractivity contribution in [3.05, 3.63) is 53.4 Å². The summed E-state index contributed by atoms with van der Waals surface area (Å²) < 4.78 is 12.9. The van der Waals surface area contributed by atoms with E-state index in [9.17, 15) is 9.59 Å². The summed E-state index contributed by atoms with van der Waals surface area (Å²) >= 11 is 0. The van der Waals surface area contributed by atoms with E-state index in [1.54, 1.807) is 37.3 Å². The Morgan fingerprint density at radius 3 is 2.55 bits per heavy atom. The Bertz CT molecular complexity index is 908. The molecule has 0 unspecified atom stereocenters. The lowest BCUT2D eigenvalue weighted by atomic mass is 10.2. The highest BCUT2D eigenvalue weighted by Crippen LogP contribution is 2.38. The van der Waals surface area contributed by atoms with Gasteiger partial charge in [0.05, 0.1) is 6.61 Å². The molecule has 1 aromatic heterocycles. The molecule has 0 spiro atoms. The minimum atomic E-state index is -0.905. The van der Waals surface area contributed by atoms with E-state index in [1.807, 2.05) is 6.92 Å². The third-order valence-electron chi connectivity index (χ3n) is 4.93. The van der Waals surface area contributed by atoms with Crippen molar-refractivity contribution in [1.29, 1.82) is 0 Å². The van der Waals surface area contributed by atoms with E-state index < -0.39 is 12.1 Å². The van der Waals surface area contributed by atoms with Gasteiger partial charge in [-0.2, -0.15) is 0 Å². The van der Waals surface area contributed by atoms with Gasteiger partial charge in [-0.1, -0.05) is 0 Å². The van der Waals surface area contributed by atoms with Gasteiger partial charge in [-0.25, -0.2) is 4.79 Å². The Kier molecular flexibility index (Phi) is 6.42. The van der Waals surface area contributed by atoms with Gasteiger partial charge < -0.3 is 19.4 Å². The highest BCUT2D eigenvalue weighted by Gasteiger charge is 2.26. The first-order valence-corrected chi connectivity index (χ1v) is 10.00. The van der Waals surface area contributed by atoms with Crippen LogP contribution in [0.25, 0.3) is 6.08 Å². The number of nitrogens with zero attached hydrogens (tertiary/aromatic N) is 1. The van der Waals surface area contributed by atoms with Crippen LogP contribution < -0.4 is 10.1 Å². The third-order valence-corrected chi connectivity index (χ3v) is 4.93. The van der Waals surface area contributed by atoms with Crippen molar-refractivity contribution < 1.29 is 19.1 Å². The minimum Gasteiger partial charge on any atom is -0.494 e. The van der Waals surface area contributed by atoms with Gasteiger partial charge in [0.15, 0.2) is 6.10 Å². The molecule has 0 radical (unpaired) electrons. The fraction of sp³-hybridized carbons (Fsp3) is 0.391. The van der Waals surface area contributed by atoms with Gasteiger partial charge in [-0.3, -0.25) is 4.79 Å². The van der Waals surface area contributed by atoms with Crippen molar-refractivity contribution >= 4 is 23.6 Å². The molecule has 1 saturated carbocycles. The van der Waals surface area contributed by atoms with Crippen LogP contribution in [0.5, 0.6) is 5.75 Å². The van der Waals surface area contributed by atoms with Crippen LogP contribution in [0.3, 0.4) is 0 Å². The monoisotopic (exact) mass is 396 g/mol. The van der Waals surface area contributed by atoms with Gasteiger partial charge in [0.2, 0.25) is 0 Å². The number of ether oxygens (including phenoxy) is 2. The molecule has 3 rings (SSSR count). The molecule has 1 amide bonds. The maximum atomic E-state index is 12.3. The van der Waals surface area contributed by atoms with Crippen LogP contribution in [0.4, 0.5) is 5.69 Å². The van der Waals surface area contributed by atoms with Crippen LogP contribution in [0.1, 0.15) is 49.7 Å². The summed E-state index contributed by atoms with van der Waals surface area (Å²) in [6, 6.07) is 9.70. The minimum absolute atomic E-state index is 0.386. The molecule has 29 heavy (non-hydrogen) atoms. The van der Waals surface area contributed by atoms with Gasteiger partial charge in [-0.05, 0) is 82.5 Å². The zero-order valence-corrected chi connectivity index (χ0v) is 17.4. The molecule has 1 aromatic carbocycles. The fourth-order valence-corrected chi connectivity index (χ4v) is 3.34. The van der Waals surface area contributed by atoms with Crippen molar-refractivity contribution in [1.82, 2.24) is 4.57 Å². The largest absolute Gasteiger partial charge is 0.494 e. The normalized spacial score (nSPS) is 14.6. The lowest BCUT2D eigenvalue weighted by Crippen LogP contribution is -2.29. The topological polar surface area (TPSA) is 69.6 Å². The van der Waals surface area contributed by atoms with E-state index in [2.05, 4.69) is 29.8 Å². The summed E-state index contributed by atoms with van der Waals surface area (Å²) in [6.07, 6.45) is 4.64. The van der Waals surface area contributed by atoms with E-state index in [0.717, 1.165) is 17.0 Å². The summed E-state index contributed by atoms with van der Waals surface area (Å²) in [4.78, 5) is 24.4. The molecule has 1 aliphatic rings. The van der Waals surface area contributed by atoms with E-state index >= 15 is 0 Å². The molecule has 1 atom stereocenters. The molecular weight excluding hydrogens is 368 g/mol. The van der Waals surface area contributed by atoms with E-state index in [1.165, 1.54) is 24.6 Å². The molecule has 2 aromatic rings. The second kappa shape index (κ2) is 8.99. The predicted octanol–water partition coefficient (Wildman–Crippen LogP) is 4.42. The number of nitrogens with one attached hydrogen (secondary N) is 1. The molecule has 6 nitrogen and oxygen atoms in total. The van der Waals surface area contributed by atoms with Crippen molar-refractivity contribution in [2.45, 2.75) is 52.7 Å². The zero-order valence-electron chi connectivity index (χ0n) is 17.4. The molecule has 6 heteroatoms. The summed E-state index contributed by atoms with van der Waals surface area (Å²) in [5.41, 5.74) is 3.96. The van der Waals surface area contributed by atoms with E-state index in [4.69, 9.17) is 9.47 Å². The quantitative estimate of drug-likeness (QED) is 0.530. The average molecular weight is 396 g/mol. The van der Waals surface area contributed by atoms with Crippen LogP contribution in [0, 0.1) is 13.8 Å². The van der Waals surface area contributed by atoms with Crippen molar-refractivity contribution in [2.75, 3.05) is 11.9 Å². The molecular formula is C23H28N2O4. The lowest BCUT2D eigenvalue weighted by molar-refractivity contribution is -0.148. The number of amides is 1. The Morgan fingerprint density at radius 1 is 1.24 bits per heavy atom. The third kappa shape index (κ3) is 5.28. The number of benzene rings is 1. The number of aromatic nitrogens is 1. The highest BCUT2D eigenvalue weighted by atomic mass is 16.5. The fourth-order valence-electron chi connectivity index (χ4n) is 3.34. The second-order valence-corrected chi connectivity index (χ2v) is 7.29. The summed E-state index contributed by atoms with van der Waals surface area (Å²) in [6.45, 7) is 8.17. The summed E-state index contributed by atoms with van der Waals surface area (Å²) in [5, 5.41) is 2.73. The van der Waals surface area contributed by atoms with E-state index in [0.29, 0.717) is 18.3 Å². The van der Waals surface area contributed by atoms with Crippen LogP contribution in [-0.2, 0) is 14.3 Å². The highest BCUT2D eigenvalue weighted by molar-refractivity contribution is 5.96. The van der Waals surface area contributed by atoms with Crippen molar-refractivity contribution in [2.24, 2.45) is 0 Å². The van der Waals surface area contributed by atoms with Gasteiger partial charge >= 0.3 is 5.97 Å². The second-order valence-electron chi connectivity index (χ2n) is 7.29. The summed E-state index contributed by atoms with van der Waals surface area (Å²) in [5.74, 6) is -0.199. The lowest BCUT2D eigenvalue weighted by Gasteiger charge is -2.12. The summed E-state index contributed by atoms with van der Waals surface area (Å²) in [7, 11) is 0. The number of hydrogen-bond donors (Lipinski definition) is 1. The van der Waals surface area contributed by atoms with Gasteiger partial charge in [0, 0.05) is 29.2 Å². The molecule has 1 heterocycles. The van der Waals surface area contributed by atoms with Crippen LogP contribution in [0.15, 0.2) is 36.4 Å². The van der Waals surface area contributed by atoms with Crippen LogP contribution in [0.2, 0.25) is 0 Å². The number of esters is 1. The standard InChI is InChI=1S/C23H28N2O4/c1-5-28-21-11-7-19(8-12-21)24-23(27)17(4)29-22(26)13-6-18-14-15(2)25(16(18)3)20-9-10-20/h6-8,11-14,17,20H,5,9-10H2,1-4H3,(H,24,27)/b13-6+/t17-/m1/s1.